The molecule has 0 radical (unpaired) electrons. The Morgan fingerprint density at radius 1 is 1.38 bits per heavy atom. The van der Waals surface area contributed by atoms with Crippen LogP contribution >= 0.6 is 0 Å². The lowest BCUT2D eigenvalue weighted by Crippen LogP contribution is -2.51. The van der Waals surface area contributed by atoms with Gasteiger partial charge in [0.2, 0.25) is 0 Å². The van der Waals surface area contributed by atoms with E-state index < -0.39 is 0 Å². The van der Waals surface area contributed by atoms with E-state index in [1.165, 1.54) is 51.7 Å². The fraction of sp³-hybridized carbons (Fsp3) is 1.00. The summed E-state index contributed by atoms with van der Waals surface area (Å²) in [7, 11) is 0. The van der Waals surface area contributed by atoms with Crippen LogP contribution < -0.4 is 10.6 Å². The number of rotatable bonds is 3. The quantitative estimate of drug-likeness (QED) is 0.691. The minimum Gasteiger partial charge on any atom is -0.316 e. The molecule has 2 nitrogen and oxygen atoms in total. The van der Waals surface area contributed by atoms with E-state index >= 15 is 0 Å². The summed E-state index contributed by atoms with van der Waals surface area (Å²) in [5, 5.41) is 7.19. The van der Waals surface area contributed by atoms with Gasteiger partial charge in [0.05, 0.1) is 0 Å². The standard InChI is InChI=1S/C11H22N2/c1-11(5-3-6-11)13-9-10-4-2-7-12-8-10/h10,12-13H,2-9H2,1H3/t10-/m0/s1. The zero-order valence-electron chi connectivity index (χ0n) is 8.73. The maximum Gasteiger partial charge on any atom is 0.0153 e. The molecule has 13 heavy (non-hydrogen) atoms. The third-order valence-electron chi connectivity index (χ3n) is 3.67. The lowest BCUT2D eigenvalue weighted by atomic mass is 9.78. The molecule has 2 rings (SSSR count). The Balaban J connectivity index is 1.66. The highest BCUT2D eigenvalue weighted by Gasteiger charge is 2.31. The van der Waals surface area contributed by atoms with E-state index in [1.807, 2.05) is 0 Å². The third-order valence-corrected chi connectivity index (χ3v) is 3.67. The van der Waals surface area contributed by atoms with Gasteiger partial charge < -0.3 is 10.6 Å². The first kappa shape index (κ1) is 9.47. The summed E-state index contributed by atoms with van der Waals surface area (Å²) >= 11 is 0. The van der Waals surface area contributed by atoms with Crippen LogP contribution in [0.5, 0.6) is 0 Å². The number of nitrogens with one attached hydrogen (secondary N) is 2. The van der Waals surface area contributed by atoms with Gasteiger partial charge in [0.15, 0.2) is 0 Å². The molecule has 0 bridgehead atoms. The topological polar surface area (TPSA) is 24.1 Å². The highest BCUT2D eigenvalue weighted by atomic mass is 15.0. The van der Waals surface area contributed by atoms with Crippen molar-refractivity contribution in [1.29, 1.82) is 0 Å². The van der Waals surface area contributed by atoms with Gasteiger partial charge in [-0.15, -0.1) is 0 Å². The molecule has 2 heteroatoms. The summed E-state index contributed by atoms with van der Waals surface area (Å²) in [6.45, 7) is 6.05. The first-order valence-corrected chi connectivity index (χ1v) is 5.74. The monoisotopic (exact) mass is 182 g/mol. The van der Waals surface area contributed by atoms with Crippen LogP contribution in [0.25, 0.3) is 0 Å². The molecule has 2 fully saturated rings. The van der Waals surface area contributed by atoms with Crippen LogP contribution in [0.4, 0.5) is 0 Å². The largest absolute Gasteiger partial charge is 0.316 e. The molecular formula is C11H22N2. The molecule has 1 saturated heterocycles. The van der Waals surface area contributed by atoms with Crippen LogP contribution in [0.1, 0.15) is 39.0 Å². The van der Waals surface area contributed by atoms with E-state index in [9.17, 15) is 0 Å². The van der Waals surface area contributed by atoms with Crippen LogP contribution in [-0.4, -0.2) is 25.2 Å². The van der Waals surface area contributed by atoms with Gasteiger partial charge in [0, 0.05) is 5.54 Å². The van der Waals surface area contributed by atoms with Gasteiger partial charge in [0.1, 0.15) is 0 Å². The van der Waals surface area contributed by atoms with Gasteiger partial charge in [-0.05, 0) is 64.6 Å². The minimum atomic E-state index is 0.497. The average molecular weight is 182 g/mol. The zero-order chi connectivity index (χ0) is 9.15. The van der Waals surface area contributed by atoms with E-state index in [1.54, 1.807) is 0 Å². The van der Waals surface area contributed by atoms with Crippen LogP contribution in [0.3, 0.4) is 0 Å². The molecule has 0 aromatic heterocycles. The highest BCUT2D eigenvalue weighted by molar-refractivity contribution is 4.92. The second-order valence-corrected chi connectivity index (χ2v) is 5.01. The van der Waals surface area contributed by atoms with Gasteiger partial charge in [-0.2, -0.15) is 0 Å². The van der Waals surface area contributed by atoms with Crippen molar-refractivity contribution < 1.29 is 0 Å². The molecule has 76 valence electrons. The number of hydrogen-bond donors (Lipinski definition) is 2. The Labute approximate surface area is 81.5 Å². The van der Waals surface area contributed by atoms with Gasteiger partial charge in [-0.3, -0.25) is 0 Å². The molecule has 1 heterocycles. The summed E-state index contributed by atoms with van der Waals surface area (Å²) in [5.74, 6) is 0.881. The average Bonchev–Trinajstić information content (AvgIpc) is 2.13. The van der Waals surface area contributed by atoms with E-state index in [4.69, 9.17) is 0 Å². The second-order valence-electron chi connectivity index (χ2n) is 5.01. The van der Waals surface area contributed by atoms with Crippen LogP contribution in [0.15, 0.2) is 0 Å². The van der Waals surface area contributed by atoms with E-state index in [0.717, 1.165) is 5.92 Å². The zero-order valence-corrected chi connectivity index (χ0v) is 8.73. The Morgan fingerprint density at radius 2 is 2.23 bits per heavy atom. The Morgan fingerprint density at radius 3 is 2.77 bits per heavy atom. The molecule has 1 saturated carbocycles. The minimum absolute atomic E-state index is 0.497. The predicted octanol–water partition coefficient (Wildman–Crippen LogP) is 1.52. The van der Waals surface area contributed by atoms with Gasteiger partial charge in [0.25, 0.3) is 0 Å². The van der Waals surface area contributed by atoms with Crippen LogP contribution in [0.2, 0.25) is 0 Å². The highest BCUT2D eigenvalue weighted by Crippen LogP contribution is 2.31. The number of hydrogen-bond acceptors (Lipinski definition) is 2. The predicted molar refractivity (Wildman–Crippen MR) is 55.9 cm³/mol. The third kappa shape index (κ3) is 2.44. The van der Waals surface area contributed by atoms with Crippen molar-refractivity contribution in [2.45, 2.75) is 44.6 Å². The lowest BCUT2D eigenvalue weighted by Gasteiger charge is -2.41. The Kier molecular flexibility index (Phi) is 2.89. The second kappa shape index (κ2) is 3.97. The van der Waals surface area contributed by atoms with E-state index in [0.29, 0.717) is 5.54 Å². The van der Waals surface area contributed by atoms with E-state index in [-0.39, 0.29) is 0 Å². The summed E-state index contributed by atoms with van der Waals surface area (Å²) < 4.78 is 0. The van der Waals surface area contributed by atoms with Gasteiger partial charge >= 0.3 is 0 Å². The summed E-state index contributed by atoms with van der Waals surface area (Å²) in [5.41, 5.74) is 0.497. The van der Waals surface area contributed by atoms with Gasteiger partial charge in [-0.1, -0.05) is 0 Å². The molecule has 0 aromatic rings. The van der Waals surface area contributed by atoms with Crippen molar-refractivity contribution in [1.82, 2.24) is 10.6 Å². The molecule has 0 amide bonds. The fourth-order valence-corrected chi connectivity index (χ4v) is 2.37. The van der Waals surface area contributed by atoms with Crippen molar-refractivity contribution in [2.24, 2.45) is 5.92 Å². The molecule has 0 unspecified atom stereocenters. The summed E-state index contributed by atoms with van der Waals surface area (Å²) in [6, 6.07) is 0. The maximum absolute atomic E-state index is 3.73. The molecule has 1 aliphatic heterocycles. The first-order chi connectivity index (χ1) is 6.29. The molecule has 1 aliphatic carbocycles. The molecule has 0 aromatic carbocycles. The Hall–Kier alpha value is -0.0800. The molecule has 0 spiro atoms. The lowest BCUT2D eigenvalue weighted by molar-refractivity contribution is 0.190. The summed E-state index contributed by atoms with van der Waals surface area (Å²) in [6.07, 6.45) is 6.96. The number of piperidine rings is 1. The van der Waals surface area contributed by atoms with Crippen LogP contribution in [-0.2, 0) is 0 Å². The first-order valence-electron chi connectivity index (χ1n) is 5.74. The maximum atomic E-state index is 3.73. The normalized spacial score (nSPS) is 32.5. The van der Waals surface area contributed by atoms with Crippen molar-refractivity contribution in [3.05, 3.63) is 0 Å². The van der Waals surface area contributed by atoms with Gasteiger partial charge in [-0.25, -0.2) is 0 Å². The van der Waals surface area contributed by atoms with Crippen molar-refractivity contribution in [2.75, 3.05) is 19.6 Å². The van der Waals surface area contributed by atoms with Crippen molar-refractivity contribution in [3.63, 3.8) is 0 Å². The molecular weight excluding hydrogens is 160 g/mol. The SMILES string of the molecule is CC1(NC[C@H]2CCCNC2)CCC1. The van der Waals surface area contributed by atoms with Crippen molar-refractivity contribution in [3.8, 4) is 0 Å². The Bertz CT molecular complexity index is 157. The summed E-state index contributed by atoms with van der Waals surface area (Å²) in [4.78, 5) is 0. The molecule has 1 atom stereocenters. The molecule has 2 aliphatic rings. The molecule has 2 N–H and O–H groups in total. The van der Waals surface area contributed by atoms with E-state index in [2.05, 4.69) is 17.6 Å². The van der Waals surface area contributed by atoms with Crippen molar-refractivity contribution >= 4 is 0 Å². The fourth-order valence-electron chi connectivity index (χ4n) is 2.37. The smallest absolute Gasteiger partial charge is 0.0153 e. The van der Waals surface area contributed by atoms with Crippen LogP contribution in [0, 0.1) is 5.92 Å².